The molecule has 2 aliphatic heterocycles. The van der Waals surface area contributed by atoms with E-state index in [2.05, 4.69) is 0 Å². The van der Waals surface area contributed by atoms with Crippen molar-refractivity contribution in [2.75, 3.05) is 20.2 Å². The Morgan fingerprint density at radius 2 is 1.74 bits per heavy atom. The van der Waals surface area contributed by atoms with Gasteiger partial charge in [0.1, 0.15) is 15.8 Å². The molecule has 1 aromatic heterocycles. The number of hydrogen-bond acceptors (Lipinski definition) is 7. The van der Waals surface area contributed by atoms with Crippen LogP contribution in [0.2, 0.25) is 0 Å². The number of ether oxygens (including phenoxy) is 1. The van der Waals surface area contributed by atoms with Crippen LogP contribution in [0.4, 0.5) is 0 Å². The van der Waals surface area contributed by atoms with Gasteiger partial charge in [0.05, 0.1) is 29.1 Å². The van der Waals surface area contributed by atoms with Gasteiger partial charge in [0.15, 0.2) is 0 Å². The minimum absolute atomic E-state index is 0.190. The van der Waals surface area contributed by atoms with Crippen LogP contribution < -0.4 is 4.74 Å². The molecule has 2 fully saturated rings. The first-order valence-corrected chi connectivity index (χ1v) is 16.1. The lowest BCUT2D eigenvalue weighted by molar-refractivity contribution is -0.122. The van der Waals surface area contributed by atoms with E-state index in [-0.39, 0.29) is 10.8 Å². The van der Waals surface area contributed by atoms with Crippen molar-refractivity contribution in [2.24, 2.45) is 0 Å². The molecule has 6 rings (SSSR count). The van der Waals surface area contributed by atoms with E-state index in [4.69, 9.17) is 22.1 Å². The fourth-order valence-electron chi connectivity index (χ4n) is 5.00. The highest BCUT2D eigenvalue weighted by atomic mass is 32.2. The second kappa shape index (κ2) is 11.8. The van der Waals surface area contributed by atoms with Gasteiger partial charge in [0.2, 0.25) is 10.0 Å². The number of amides is 1. The summed E-state index contributed by atoms with van der Waals surface area (Å²) < 4.78 is 35.6. The Morgan fingerprint density at radius 1 is 1.00 bits per heavy atom. The molecule has 11 heteroatoms. The third-order valence-electron chi connectivity index (χ3n) is 7.23. The van der Waals surface area contributed by atoms with Crippen LogP contribution in [0.3, 0.4) is 0 Å². The first-order valence-electron chi connectivity index (χ1n) is 13.5. The quantitative estimate of drug-likeness (QED) is 0.185. The maximum Gasteiger partial charge on any atom is 0.266 e. The minimum Gasteiger partial charge on any atom is -0.497 e. The number of benzene rings is 3. The van der Waals surface area contributed by atoms with Crippen molar-refractivity contribution >= 4 is 50.3 Å². The van der Waals surface area contributed by atoms with Crippen molar-refractivity contribution in [2.45, 2.75) is 24.3 Å². The number of carbonyl (C=O) groups is 1. The Kier molecular flexibility index (Phi) is 8.00. The maximum absolute atomic E-state index is 13.5. The van der Waals surface area contributed by atoms with Gasteiger partial charge in [-0.05, 0) is 60.9 Å². The molecular weight excluding hydrogens is 589 g/mol. The van der Waals surface area contributed by atoms with Crippen molar-refractivity contribution in [3.05, 3.63) is 101 Å². The average Bonchev–Trinajstić information content (AvgIpc) is 3.76. The summed E-state index contributed by atoms with van der Waals surface area (Å²) in [5.41, 5.74) is 3.66. The highest BCUT2D eigenvalue weighted by Gasteiger charge is 2.33. The summed E-state index contributed by atoms with van der Waals surface area (Å²) in [6, 6.07) is 24.0. The van der Waals surface area contributed by atoms with Gasteiger partial charge < -0.3 is 4.74 Å². The van der Waals surface area contributed by atoms with Crippen molar-refractivity contribution in [3.63, 3.8) is 0 Å². The number of methoxy groups -OCH3 is 1. The normalized spacial score (nSPS) is 17.0. The van der Waals surface area contributed by atoms with Gasteiger partial charge >= 0.3 is 0 Å². The zero-order chi connectivity index (χ0) is 29.3. The van der Waals surface area contributed by atoms with Crippen LogP contribution in [0.5, 0.6) is 5.75 Å². The van der Waals surface area contributed by atoms with Crippen molar-refractivity contribution < 1.29 is 17.9 Å². The monoisotopic (exact) mass is 616 g/mol. The number of carbonyl (C=O) groups excluding carboxylic acids is 1. The molecule has 214 valence electrons. The molecule has 0 bridgehead atoms. The number of rotatable bonds is 8. The number of thioether (sulfide) groups is 1. The molecular formula is C31H28N4O4S3. The van der Waals surface area contributed by atoms with Crippen molar-refractivity contribution in [1.82, 2.24) is 19.0 Å². The van der Waals surface area contributed by atoms with E-state index in [1.807, 2.05) is 66.9 Å². The smallest absolute Gasteiger partial charge is 0.266 e. The predicted molar refractivity (Wildman–Crippen MR) is 169 cm³/mol. The van der Waals surface area contributed by atoms with Gasteiger partial charge in [-0.3, -0.25) is 9.69 Å². The van der Waals surface area contributed by atoms with E-state index in [9.17, 15) is 13.2 Å². The van der Waals surface area contributed by atoms with Crippen LogP contribution in [0.15, 0.2) is 94.9 Å². The summed E-state index contributed by atoms with van der Waals surface area (Å²) >= 11 is 6.83. The Hall–Kier alpha value is -3.77. The second-order valence-electron chi connectivity index (χ2n) is 9.97. The van der Waals surface area contributed by atoms with Crippen LogP contribution in [-0.2, 0) is 21.4 Å². The molecule has 0 spiro atoms. The molecule has 4 aromatic rings. The van der Waals surface area contributed by atoms with Gasteiger partial charge in [0, 0.05) is 30.4 Å². The lowest BCUT2D eigenvalue weighted by atomic mass is 10.1. The molecule has 0 aliphatic carbocycles. The summed E-state index contributed by atoms with van der Waals surface area (Å²) in [6.45, 7) is 1.40. The van der Waals surface area contributed by atoms with Gasteiger partial charge in [-0.25, -0.2) is 13.1 Å². The number of nitrogens with zero attached hydrogens (tertiary/aromatic N) is 4. The number of sulfonamides is 1. The molecule has 0 unspecified atom stereocenters. The molecule has 8 nitrogen and oxygen atoms in total. The van der Waals surface area contributed by atoms with E-state index >= 15 is 0 Å². The van der Waals surface area contributed by atoms with Crippen LogP contribution in [0.25, 0.3) is 23.0 Å². The number of hydrogen-bond donors (Lipinski definition) is 0. The third kappa shape index (κ3) is 5.65. The number of para-hydroxylation sites is 1. The fraction of sp³-hybridized carbons (Fsp3) is 0.194. The Balaban J connectivity index is 1.37. The first-order chi connectivity index (χ1) is 20.3. The average molecular weight is 617 g/mol. The Labute approximate surface area is 254 Å². The number of aromatic nitrogens is 2. The molecule has 0 saturated carbocycles. The fourth-order valence-corrected chi connectivity index (χ4v) is 7.81. The van der Waals surface area contributed by atoms with E-state index < -0.39 is 10.0 Å². The molecule has 1 amide bonds. The molecule has 0 N–H and O–H groups in total. The largest absolute Gasteiger partial charge is 0.497 e. The van der Waals surface area contributed by atoms with Crippen LogP contribution >= 0.6 is 24.0 Å². The van der Waals surface area contributed by atoms with E-state index in [1.165, 1.54) is 16.1 Å². The summed E-state index contributed by atoms with van der Waals surface area (Å²) in [5.74, 6) is 0.550. The maximum atomic E-state index is 13.5. The zero-order valence-electron chi connectivity index (χ0n) is 22.8. The third-order valence-corrected chi connectivity index (χ3v) is 10.5. The molecule has 3 heterocycles. The van der Waals surface area contributed by atoms with Gasteiger partial charge in [0.25, 0.3) is 5.91 Å². The minimum atomic E-state index is -3.61. The molecule has 0 radical (unpaired) electrons. The van der Waals surface area contributed by atoms with Gasteiger partial charge in [-0.15, -0.1) is 0 Å². The van der Waals surface area contributed by atoms with E-state index in [0.717, 1.165) is 29.8 Å². The van der Waals surface area contributed by atoms with Crippen molar-refractivity contribution in [1.29, 1.82) is 0 Å². The zero-order valence-corrected chi connectivity index (χ0v) is 25.3. The summed E-state index contributed by atoms with van der Waals surface area (Å²) in [7, 11) is -2.00. The Morgan fingerprint density at radius 3 is 2.45 bits per heavy atom. The molecule has 2 saturated heterocycles. The lowest BCUT2D eigenvalue weighted by Gasteiger charge is -2.16. The van der Waals surface area contributed by atoms with E-state index in [0.29, 0.717) is 45.7 Å². The SMILES string of the molecule is COc1ccc(CN2C(=O)/C(=C/c3cn(-c4ccccc4)nc3-c3cccc(S(=O)(=O)N4CCCC4)c3)SC2=S)cc1. The first kappa shape index (κ1) is 28.4. The molecule has 0 atom stereocenters. The highest BCUT2D eigenvalue weighted by Crippen LogP contribution is 2.36. The van der Waals surface area contributed by atoms with Gasteiger partial charge in [-0.2, -0.15) is 9.40 Å². The standard InChI is InChI=1S/C31H28N4O4S3/c1-39-26-14-12-22(13-15-26)20-34-30(36)28(41-31(34)40)19-24-21-35(25-9-3-2-4-10-25)32-29(24)23-8-7-11-27(18-23)42(37,38)33-16-5-6-17-33/h2-4,7-15,18-19,21H,5-6,16-17,20H2,1H3/b28-19-. The summed E-state index contributed by atoms with van der Waals surface area (Å²) in [4.78, 5) is 15.8. The second-order valence-corrected chi connectivity index (χ2v) is 13.6. The Bertz CT molecular complexity index is 1780. The van der Waals surface area contributed by atoms with Crippen molar-refractivity contribution in [3.8, 4) is 22.7 Å². The summed E-state index contributed by atoms with van der Waals surface area (Å²) in [6.07, 6.45) is 5.36. The molecule has 3 aromatic carbocycles. The molecule has 42 heavy (non-hydrogen) atoms. The van der Waals surface area contributed by atoms with Crippen LogP contribution in [-0.4, -0.2) is 57.8 Å². The van der Waals surface area contributed by atoms with Crippen LogP contribution in [0, 0.1) is 0 Å². The highest BCUT2D eigenvalue weighted by molar-refractivity contribution is 8.26. The van der Waals surface area contributed by atoms with E-state index in [1.54, 1.807) is 41.0 Å². The van der Waals surface area contributed by atoms with Crippen LogP contribution in [0.1, 0.15) is 24.0 Å². The number of thiocarbonyl (C=S) groups is 1. The summed E-state index contributed by atoms with van der Waals surface area (Å²) in [5, 5.41) is 4.85. The topological polar surface area (TPSA) is 84.7 Å². The van der Waals surface area contributed by atoms with Gasteiger partial charge in [-0.1, -0.05) is 66.4 Å². The predicted octanol–water partition coefficient (Wildman–Crippen LogP) is 5.73. The lowest BCUT2D eigenvalue weighted by Crippen LogP contribution is -2.27. The molecule has 2 aliphatic rings.